The number of hydrogen-bond acceptors (Lipinski definition) is 3. The Bertz CT molecular complexity index is 902. The number of ether oxygens (including phenoxy) is 1. The first-order valence-corrected chi connectivity index (χ1v) is 10.1. The second-order valence-corrected chi connectivity index (χ2v) is 7.21. The van der Waals surface area contributed by atoms with Gasteiger partial charge in [0.1, 0.15) is 11.3 Å². The Hall–Kier alpha value is -3.08. The fourth-order valence-corrected chi connectivity index (χ4v) is 3.48. The molecule has 2 heterocycles. The molecule has 3 rings (SSSR count). The minimum absolute atomic E-state index is 0.418. The predicted octanol–water partition coefficient (Wildman–Crippen LogP) is 4.50. The van der Waals surface area contributed by atoms with E-state index in [1.165, 1.54) is 5.56 Å². The molecular formula is C24H28N2O3. The van der Waals surface area contributed by atoms with Crippen LogP contribution in [0.15, 0.2) is 67.1 Å². The lowest BCUT2D eigenvalue weighted by molar-refractivity contribution is -0.147. The Labute approximate surface area is 172 Å². The molecule has 0 fully saturated rings. The zero-order valence-corrected chi connectivity index (χ0v) is 17.0. The van der Waals surface area contributed by atoms with E-state index in [1.807, 2.05) is 68.0 Å². The molecule has 152 valence electrons. The van der Waals surface area contributed by atoms with E-state index >= 15 is 0 Å². The van der Waals surface area contributed by atoms with E-state index < -0.39 is 11.5 Å². The number of hydrogen-bond donors (Lipinski definition) is 1. The number of pyridine rings is 1. The summed E-state index contributed by atoms with van der Waals surface area (Å²) in [7, 11) is 0. The molecule has 0 saturated heterocycles. The SMILES string of the molecule is CCc1ccc(CCOc2ccc(CC(CC)(C(=O)O)n3cccc3)cc2)nc1. The average molecular weight is 392 g/mol. The van der Waals surface area contributed by atoms with Crippen LogP contribution in [0.1, 0.15) is 37.1 Å². The van der Waals surface area contributed by atoms with Gasteiger partial charge in [-0.3, -0.25) is 4.98 Å². The van der Waals surface area contributed by atoms with E-state index in [-0.39, 0.29) is 0 Å². The first-order chi connectivity index (χ1) is 14.1. The van der Waals surface area contributed by atoms with Gasteiger partial charge in [-0.2, -0.15) is 0 Å². The van der Waals surface area contributed by atoms with Crippen LogP contribution >= 0.6 is 0 Å². The number of aryl methyl sites for hydroxylation is 1. The van der Waals surface area contributed by atoms with Gasteiger partial charge in [-0.05, 0) is 54.3 Å². The van der Waals surface area contributed by atoms with Crippen molar-refractivity contribution in [2.24, 2.45) is 0 Å². The third-order valence-corrected chi connectivity index (χ3v) is 5.42. The molecule has 0 amide bonds. The van der Waals surface area contributed by atoms with Crippen LogP contribution in [0.25, 0.3) is 0 Å². The first-order valence-electron chi connectivity index (χ1n) is 10.1. The maximum Gasteiger partial charge on any atom is 0.330 e. The molecule has 0 radical (unpaired) electrons. The molecule has 0 aliphatic heterocycles. The van der Waals surface area contributed by atoms with E-state index in [0.29, 0.717) is 19.4 Å². The van der Waals surface area contributed by atoms with Crippen molar-refractivity contribution in [3.05, 3.63) is 83.9 Å². The van der Waals surface area contributed by atoms with Crippen molar-refractivity contribution >= 4 is 5.97 Å². The number of benzene rings is 1. The Balaban J connectivity index is 1.61. The maximum absolute atomic E-state index is 12.1. The smallest absolute Gasteiger partial charge is 0.330 e. The van der Waals surface area contributed by atoms with E-state index in [2.05, 4.69) is 18.0 Å². The van der Waals surface area contributed by atoms with Gasteiger partial charge in [-0.25, -0.2) is 4.79 Å². The number of rotatable bonds is 10. The van der Waals surface area contributed by atoms with E-state index in [1.54, 1.807) is 4.57 Å². The monoisotopic (exact) mass is 392 g/mol. The predicted molar refractivity (Wildman–Crippen MR) is 113 cm³/mol. The third-order valence-electron chi connectivity index (χ3n) is 5.42. The van der Waals surface area contributed by atoms with E-state index in [0.717, 1.165) is 29.8 Å². The second-order valence-electron chi connectivity index (χ2n) is 7.21. The minimum atomic E-state index is -0.984. The van der Waals surface area contributed by atoms with Crippen LogP contribution in [0.3, 0.4) is 0 Å². The van der Waals surface area contributed by atoms with Crippen LogP contribution in [0.2, 0.25) is 0 Å². The molecule has 5 nitrogen and oxygen atoms in total. The summed E-state index contributed by atoms with van der Waals surface area (Å²) in [6, 6.07) is 15.6. The van der Waals surface area contributed by atoms with E-state index in [9.17, 15) is 9.90 Å². The summed E-state index contributed by atoms with van der Waals surface area (Å²) in [5.41, 5.74) is 2.23. The fourth-order valence-electron chi connectivity index (χ4n) is 3.48. The van der Waals surface area contributed by atoms with Crippen LogP contribution in [0, 0.1) is 0 Å². The largest absolute Gasteiger partial charge is 0.493 e. The molecule has 1 N–H and O–H groups in total. The summed E-state index contributed by atoms with van der Waals surface area (Å²) < 4.78 is 7.62. The van der Waals surface area contributed by atoms with Gasteiger partial charge in [0.15, 0.2) is 0 Å². The van der Waals surface area contributed by atoms with Gasteiger partial charge in [0, 0.05) is 37.1 Å². The molecule has 0 spiro atoms. The topological polar surface area (TPSA) is 64.3 Å². The van der Waals surface area contributed by atoms with Crippen LogP contribution in [-0.2, 0) is 29.6 Å². The Morgan fingerprint density at radius 3 is 2.31 bits per heavy atom. The number of aliphatic carboxylic acids is 1. The summed E-state index contributed by atoms with van der Waals surface area (Å²) in [4.78, 5) is 16.5. The van der Waals surface area contributed by atoms with Crippen LogP contribution in [0.4, 0.5) is 0 Å². The van der Waals surface area contributed by atoms with Crippen molar-refractivity contribution in [2.75, 3.05) is 6.61 Å². The van der Waals surface area contributed by atoms with Gasteiger partial charge >= 0.3 is 5.97 Å². The molecule has 0 aliphatic carbocycles. The van der Waals surface area contributed by atoms with Gasteiger partial charge in [0.05, 0.1) is 6.61 Å². The standard InChI is InChI=1S/C24H28N2O3/c1-3-19-7-10-21(25-18-19)13-16-29-22-11-8-20(9-12-22)17-24(4-2,23(27)28)26-14-5-6-15-26/h5-12,14-15,18H,3-4,13,16-17H2,1-2H3,(H,27,28). The van der Waals surface area contributed by atoms with Crippen molar-refractivity contribution in [3.63, 3.8) is 0 Å². The lowest BCUT2D eigenvalue weighted by atomic mass is 9.88. The highest BCUT2D eigenvalue weighted by molar-refractivity contribution is 5.77. The van der Waals surface area contributed by atoms with Crippen molar-refractivity contribution < 1.29 is 14.6 Å². The minimum Gasteiger partial charge on any atom is -0.493 e. The Kier molecular flexibility index (Phi) is 6.70. The molecule has 2 aromatic heterocycles. The number of carboxylic acids is 1. The van der Waals surface area contributed by atoms with Crippen molar-refractivity contribution in [1.29, 1.82) is 0 Å². The molecule has 0 bridgehead atoms. The highest BCUT2D eigenvalue weighted by Crippen LogP contribution is 2.28. The molecule has 3 aromatic rings. The summed E-state index contributed by atoms with van der Waals surface area (Å²) >= 11 is 0. The number of carbonyl (C=O) groups is 1. The quantitative estimate of drug-likeness (QED) is 0.552. The molecule has 0 aliphatic rings. The Morgan fingerprint density at radius 1 is 1.07 bits per heavy atom. The highest BCUT2D eigenvalue weighted by atomic mass is 16.5. The lowest BCUT2D eigenvalue weighted by Crippen LogP contribution is -2.42. The second kappa shape index (κ2) is 9.41. The van der Waals surface area contributed by atoms with Gasteiger partial charge in [-0.15, -0.1) is 0 Å². The summed E-state index contributed by atoms with van der Waals surface area (Å²) in [5.74, 6) is -0.0459. The van der Waals surface area contributed by atoms with Gasteiger partial charge < -0.3 is 14.4 Å². The zero-order chi connectivity index (χ0) is 20.7. The normalized spacial score (nSPS) is 13.0. The van der Waals surface area contributed by atoms with Gasteiger partial charge in [-0.1, -0.05) is 32.0 Å². The van der Waals surface area contributed by atoms with Crippen LogP contribution in [-0.4, -0.2) is 27.2 Å². The van der Waals surface area contributed by atoms with E-state index in [4.69, 9.17) is 4.74 Å². The number of aromatic nitrogens is 2. The van der Waals surface area contributed by atoms with Gasteiger partial charge in [0.25, 0.3) is 0 Å². The molecule has 1 unspecified atom stereocenters. The molecular weight excluding hydrogens is 364 g/mol. The Morgan fingerprint density at radius 2 is 1.76 bits per heavy atom. The van der Waals surface area contributed by atoms with Gasteiger partial charge in [0.2, 0.25) is 0 Å². The molecule has 1 aromatic carbocycles. The molecule has 5 heteroatoms. The van der Waals surface area contributed by atoms with Crippen molar-refractivity contribution in [2.45, 2.75) is 45.1 Å². The van der Waals surface area contributed by atoms with Crippen molar-refractivity contribution in [3.8, 4) is 5.75 Å². The molecule has 29 heavy (non-hydrogen) atoms. The van der Waals surface area contributed by atoms with Crippen LogP contribution < -0.4 is 4.74 Å². The summed E-state index contributed by atoms with van der Waals surface area (Å²) in [6.45, 7) is 4.57. The maximum atomic E-state index is 12.1. The highest BCUT2D eigenvalue weighted by Gasteiger charge is 2.38. The number of nitrogens with zero attached hydrogens (tertiary/aromatic N) is 2. The first kappa shape index (κ1) is 20.6. The van der Waals surface area contributed by atoms with Crippen molar-refractivity contribution in [1.82, 2.24) is 9.55 Å². The lowest BCUT2D eigenvalue weighted by Gasteiger charge is -2.30. The summed E-state index contributed by atoms with van der Waals surface area (Å²) in [6.07, 6.45) is 8.20. The summed E-state index contributed by atoms with van der Waals surface area (Å²) in [5, 5.41) is 9.92. The third kappa shape index (κ3) is 4.86. The molecule has 1 atom stereocenters. The molecule has 0 saturated carbocycles. The average Bonchev–Trinajstić information content (AvgIpc) is 3.29. The fraction of sp³-hybridized carbons (Fsp3) is 0.333. The van der Waals surface area contributed by atoms with Crippen LogP contribution in [0.5, 0.6) is 5.75 Å². The zero-order valence-electron chi connectivity index (χ0n) is 17.0. The number of carboxylic acid groups (broad SMARTS) is 1.